The molecule has 0 heterocycles. The van der Waals surface area contributed by atoms with Gasteiger partial charge in [0.2, 0.25) is 0 Å². The zero-order chi connectivity index (χ0) is 12.3. The Hall–Kier alpha value is -1.22. The number of alkyl carbamates (subject to hydrolysis) is 1. The summed E-state index contributed by atoms with van der Waals surface area (Å²) in [4.78, 5) is 11.4. The SMILES string of the molecule is C[C@@H](Cc1ccccc1Cl)OC(=O)NC1CC1. The molecule has 0 radical (unpaired) electrons. The van der Waals surface area contributed by atoms with Crippen molar-refractivity contribution in [1.82, 2.24) is 5.32 Å². The molecular formula is C13H16ClNO2. The summed E-state index contributed by atoms with van der Waals surface area (Å²) in [6.45, 7) is 1.87. The van der Waals surface area contributed by atoms with Crippen LogP contribution in [-0.4, -0.2) is 18.2 Å². The molecule has 1 fully saturated rings. The number of carbonyl (C=O) groups excluding carboxylic acids is 1. The van der Waals surface area contributed by atoms with E-state index >= 15 is 0 Å². The van der Waals surface area contributed by atoms with Gasteiger partial charge in [0.05, 0.1) is 0 Å². The first kappa shape index (κ1) is 12.2. The number of rotatable bonds is 4. The van der Waals surface area contributed by atoms with Crippen LogP contribution in [0.1, 0.15) is 25.3 Å². The molecule has 3 nitrogen and oxygen atoms in total. The third kappa shape index (κ3) is 3.93. The number of hydrogen-bond donors (Lipinski definition) is 1. The minimum atomic E-state index is -0.327. The highest BCUT2D eigenvalue weighted by molar-refractivity contribution is 6.31. The number of benzene rings is 1. The van der Waals surface area contributed by atoms with E-state index in [1.807, 2.05) is 31.2 Å². The molecular weight excluding hydrogens is 238 g/mol. The summed E-state index contributed by atoms with van der Waals surface area (Å²) < 4.78 is 5.25. The smallest absolute Gasteiger partial charge is 0.407 e. The van der Waals surface area contributed by atoms with E-state index in [9.17, 15) is 4.79 Å². The van der Waals surface area contributed by atoms with Gasteiger partial charge in [-0.3, -0.25) is 0 Å². The lowest BCUT2D eigenvalue weighted by molar-refractivity contribution is 0.106. The van der Waals surface area contributed by atoms with Gasteiger partial charge in [0.1, 0.15) is 6.10 Å². The third-order valence-corrected chi connectivity index (χ3v) is 3.04. The molecule has 4 heteroatoms. The van der Waals surface area contributed by atoms with Crippen molar-refractivity contribution in [2.45, 2.75) is 38.3 Å². The molecule has 2 rings (SSSR count). The first-order valence-electron chi connectivity index (χ1n) is 5.85. The van der Waals surface area contributed by atoms with Crippen LogP contribution in [0.5, 0.6) is 0 Å². The van der Waals surface area contributed by atoms with Crippen LogP contribution in [0.3, 0.4) is 0 Å². The normalized spacial score (nSPS) is 16.4. The molecule has 1 aromatic carbocycles. The minimum absolute atomic E-state index is 0.173. The molecule has 0 unspecified atom stereocenters. The summed E-state index contributed by atoms with van der Waals surface area (Å²) in [5.74, 6) is 0. The van der Waals surface area contributed by atoms with E-state index < -0.39 is 0 Å². The van der Waals surface area contributed by atoms with E-state index in [2.05, 4.69) is 5.32 Å². The van der Waals surface area contributed by atoms with E-state index in [0.29, 0.717) is 17.5 Å². The van der Waals surface area contributed by atoms with Gasteiger partial charge in [0.25, 0.3) is 0 Å². The molecule has 1 aromatic rings. The number of hydrogen-bond acceptors (Lipinski definition) is 2. The average Bonchev–Trinajstić information content (AvgIpc) is 3.05. The fourth-order valence-electron chi connectivity index (χ4n) is 1.63. The third-order valence-electron chi connectivity index (χ3n) is 2.67. The van der Waals surface area contributed by atoms with Gasteiger partial charge in [-0.15, -0.1) is 0 Å². The Morgan fingerprint density at radius 2 is 2.24 bits per heavy atom. The van der Waals surface area contributed by atoms with Gasteiger partial charge in [0.15, 0.2) is 0 Å². The number of carbonyl (C=O) groups is 1. The van der Waals surface area contributed by atoms with Gasteiger partial charge in [-0.2, -0.15) is 0 Å². The molecule has 17 heavy (non-hydrogen) atoms. The molecule has 1 saturated carbocycles. The average molecular weight is 254 g/mol. The second kappa shape index (κ2) is 5.41. The van der Waals surface area contributed by atoms with Crippen LogP contribution in [0.2, 0.25) is 5.02 Å². The van der Waals surface area contributed by atoms with Gasteiger partial charge >= 0.3 is 6.09 Å². The van der Waals surface area contributed by atoms with Gasteiger partial charge in [-0.25, -0.2) is 4.79 Å². The number of amides is 1. The minimum Gasteiger partial charge on any atom is -0.446 e. The lowest BCUT2D eigenvalue weighted by Crippen LogP contribution is -2.30. The van der Waals surface area contributed by atoms with Crippen LogP contribution >= 0.6 is 11.6 Å². The first-order valence-corrected chi connectivity index (χ1v) is 6.23. The zero-order valence-corrected chi connectivity index (χ0v) is 10.5. The van der Waals surface area contributed by atoms with Crippen molar-refractivity contribution in [3.63, 3.8) is 0 Å². The van der Waals surface area contributed by atoms with E-state index in [1.54, 1.807) is 0 Å². The van der Waals surface area contributed by atoms with Crippen molar-refractivity contribution in [3.05, 3.63) is 34.9 Å². The molecule has 0 spiro atoms. The Morgan fingerprint density at radius 3 is 2.88 bits per heavy atom. The highest BCUT2D eigenvalue weighted by Crippen LogP contribution is 2.20. The topological polar surface area (TPSA) is 38.3 Å². The molecule has 1 N–H and O–H groups in total. The van der Waals surface area contributed by atoms with E-state index in [-0.39, 0.29) is 12.2 Å². The lowest BCUT2D eigenvalue weighted by Gasteiger charge is -2.14. The predicted octanol–water partition coefficient (Wildman–Crippen LogP) is 3.16. The fraction of sp³-hybridized carbons (Fsp3) is 0.462. The van der Waals surface area contributed by atoms with E-state index in [1.165, 1.54) is 0 Å². The number of ether oxygens (including phenoxy) is 1. The highest BCUT2D eigenvalue weighted by Gasteiger charge is 2.24. The molecule has 1 aliphatic carbocycles. The number of nitrogens with one attached hydrogen (secondary N) is 1. The standard InChI is InChI=1S/C13H16ClNO2/c1-9(17-13(16)15-11-6-7-11)8-10-4-2-3-5-12(10)14/h2-5,9,11H,6-8H2,1H3,(H,15,16)/t9-/m0/s1. The monoisotopic (exact) mass is 253 g/mol. The van der Waals surface area contributed by atoms with E-state index in [4.69, 9.17) is 16.3 Å². The summed E-state index contributed by atoms with van der Waals surface area (Å²) in [5.41, 5.74) is 1.00. The Kier molecular flexibility index (Phi) is 3.89. The second-order valence-electron chi connectivity index (χ2n) is 4.43. The summed E-state index contributed by atoms with van der Waals surface area (Å²) in [6, 6.07) is 7.93. The number of halogens is 1. The maximum Gasteiger partial charge on any atom is 0.407 e. The Bertz CT molecular complexity index is 404. The van der Waals surface area contributed by atoms with Crippen molar-refractivity contribution in [1.29, 1.82) is 0 Å². The van der Waals surface area contributed by atoms with Crippen LogP contribution in [0, 0.1) is 0 Å². The van der Waals surface area contributed by atoms with Crippen LogP contribution in [0.15, 0.2) is 24.3 Å². The fourth-order valence-corrected chi connectivity index (χ4v) is 1.84. The van der Waals surface area contributed by atoms with Crippen molar-refractivity contribution in [2.24, 2.45) is 0 Å². The molecule has 1 amide bonds. The molecule has 0 saturated heterocycles. The maximum absolute atomic E-state index is 11.4. The van der Waals surface area contributed by atoms with Gasteiger partial charge in [-0.1, -0.05) is 29.8 Å². The molecule has 0 bridgehead atoms. The van der Waals surface area contributed by atoms with Crippen molar-refractivity contribution >= 4 is 17.7 Å². The van der Waals surface area contributed by atoms with Crippen LogP contribution < -0.4 is 5.32 Å². The van der Waals surface area contributed by atoms with Crippen molar-refractivity contribution in [2.75, 3.05) is 0 Å². The Balaban J connectivity index is 1.81. The lowest BCUT2D eigenvalue weighted by atomic mass is 10.1. The molecule has 0 aliphatic heterocycles. The largest absolute Gasteiger partial charge is 0.446 e. The summed E-state index contributed by atoms with van der Waals surface area (Å²) >= 11 is 6.04. The second-order valence-corrected chi connectivity index (χ2v) is 4.84. The van der Waals surface area contributed by atoms with E-state index in [0.717, 1.165) is 18.4 Å². The quantitative estimate of drug-likeness (QED) is 0.895. The molecule has 1 aliphatic rings. The molecule has 1 atom stereocenters. The Morgan fingerprint density at radius 1 is 1.53 bits per heavy atom. The van der Waals surface area contributed by atoms with Gasteiger partial charge in [-0.05, 0) is 31.4 Å². The van der Waals surface area contributed by atoms with Crippen LogP contribution in [0.25, 0.3) is 0 Å². The molecule has 92 valence electrons. The van der Waals surface area contributed by atoms with Crippen molar-refractivity contribution < 1.29 is 9.53 Å². The summed E-state index contributed by atoms with van der Waals surface area (Å²) in [6.07, 6.45) is 2.26. The van der Waals surface area contributed by atoms with Gasteiger partial charge < -0.3 is 10.1 Å². The highest BCUT2D eigenvalue weighted by atomic mass is 35.5. The zero-order valence-electron chi connectivity index (χ0n) is 9.78. The first-order chi connectivity index (χ1) is 8.15. The molecule has 0 aromatic heterocycles. The maximum atomic E-state index is 11.4. The van der Waals surface area contributed by atoms with Crippen LogP contribution in [-0.2, 0) is 11.2 Å². The Labute approximate surface area is 106 Å². The van der Waals surface area contributed by atoms with Crippen LogP contribution in [0.4, 0.5) is 4.79 Å². The van der Waals surface area contributed by atoms with Crippen molar-refractivity contribution in [3.8, 4) is 0 Å². The summed E-state index contributed by atoms with van der Waals surface area (Å²) in [7, 11) is 0. The predicted molar refractivity (Wildman–Crippen MR) is 67.3 cm³/mol. The summed E-state index contributed by atoms with van der Waals surface area (Å²) in [5, 5.41) is 3.50. The van der Waals surface area contributed by atoms with Gasteiger partial charge in [0, 0.05) is 17.5 Å².